The molecule has 110 valence electrons. The van der Waals surface area contributed by atoms with Crippen LogP contribution in [0, 0.1) is 5.41 Å². The van der Waals surface area contributed by atoms with Crippen LogP contribution in [0.2, 0.25) is 0 Å². The zero-order valence-corrected chi connectivity index (χ0v) is 13.8. The van der Waals surface area contributed by atoms with Crippen molar-refractivity contribution >= 4 is 21.6 Å². The van der Waals surface area contributed by atoms with E-state index in [4.69, 9.17) is 5.73 Å². The molecule has 20 heavy (non-hydrogen) atoms. The molecule has 1 aromatic carbocycles. The molecule has 2 nitrogen and oxygen atoms in total. The number of benzene rings is 1. The normalized spacial score (nSPS) is 23.1. The maximum atomic E-state index is 5.97. The molecule has 0 aromatic heterocycles. The largest absolute Gasteiger partial charge is 0.398 e. The van der Waals surface area contributed by atoms with Gasteiger partial charge in [-0.15, -0.1) is 0 Å². The van der Waals surface area contributed by atoms with Crippen molar-refractivity contribution in [1.29, 1.82) is 0 Å². The number of piperidine rings is 1. The van der Waals surface area contributed by atoms with Crippen molar-refractivity contribution in [2.75, 3.05) is 18.8 Å². The number of hydrogen-bond donors (Lipinski definition) is 1. The van der Waals surface area contributed by atoms with Gasteiger partial charge in [-0.2, -0.15) is 0 Å². The molecule has 2 aliphatic rings. The van der Waals surface area contributed by atoms with Crippen LogP contribution in [0.1, 0.15) is 50.5 Å². The minimum Gasteiger partial charge on any atom is -0.398 e. The highest BCUT2D eigenvalue weighted by molar-refractivity contribution is 9.10. The van der Waals surface area contributed by atoms with Crippen molar-refractivity contribution < 1.29 is 0 Å². The summed E-state index contributed by atoms with van der Waals surface area (Å²) in [5.41, 5.74) is 8.84. The van der Waals surface area contributed by atoms with Crippen LogP contribution in [-0.4, -0.2) is 18.0 Å². The van der Waals surface area contributed by atoms with Gasteiger partial charge in [0.25, 0.3) is 0 Å². The Morgan fingerprint density at radius 2 is 1.75 bits per heavy atom. The Hall–Kier alpha value is -0.540. The van der Waals surface area contributed by atoms with Crippen LogP contribution in [0.15, 0.2) is 22.7 Å². The molecular weight excluding hydrogens is 312 g/mol. The van der Waals surface area contributed by atoms with Crippen molar-refractivity contribution in [2.45, 2.75) is 51.5 Å². The van der Waals surface area contributed by atoms with Crippen LogP contribution in [-0.2, 0) is 6.54 Å². The topological polar surface area (TPSA) is 29.3 Å². The van der Waals surface area contributed by atoms with E-state index in [0.717, 1.165) is 16.7 Å². The first-order valence-electron chi connectivity index (χ1n) is 7.94. The minimum absolute atomic E-state index is 0.696. The Labute approximate surface area is 130 Å². The standard InChI is InChI=1S/C17H25BrN2/c18-16-14(5-4-6-15(16)19)13-20-11-9-17(10-12-20)7-2-1-3-8-17/h4-6H,1-3,7-13,19H2. The summed E-state index contributed by atoms with van der Waals surface area (Å²) in [5, 5.41) is 0. The van der Waals surface area contributed by atoms with Gasteiger partial charge in [0.05, 0.1) is 0 Å². The first kappa shape index (κ1) is 14.4. The SMILES string of the molecule is Nc1cccc(CN2CCC3(CCCCC3)CC2)c1Br. The second-order valence-corrected chi connectivity index (χ2v) is 7.45. The van der Waals surface area contributed by atoms with Gasteiger partial charge in [0.1, 0.15) is 0 Å². The van der Waals surface area contributed by atoms with Crippen molar-refractivity contribution in [3.63, 3.8) is 0 Å². The summed E-state index contributed by atoms with van der Waals surface area (Å²) < 4.78 is 1.08. The molecule has 2 fully saturated rings. The Morgan fingerprint density at radius 1 is 1.05 bits per heavy atom. The molecule has 1 heterocycles. The fraction of sp³-hybridized carbons (Fsp3) is 0.647. The van der Waals surface area contributed by atoms with Crippen LogP contribution < -0.4 is 5.73 Å². The molecule has 1 aliphatic carbocycles. The van der Waals surface area contributed by atoms with Gasteiger partial charge in [0, 0.05) is 16.7 Å². The summed E-state index contributed by atoms with van der Waals surface area (Å²) in [5.74, 6) is 0. The summed E-state index contributed by atoms with van der Waals surface area (Å²) in [6.07, 6.45) is 10.1. The van der Waals surface area contributed by atoms with Crippen LogP contribution in [0.3, 0.4) is 0 Å². The van der Waals surface area contributed by atoms with Gasteiger partial charge in [-0.25, -0.2) is 0 Å². The summed E-state index contributed by atoms with van der Waals surface area (Å²) in [6, 6.07) is 6.20. The Kier molecular flexibility index (Phi) is 4.37. The van der Waals surface area contributed by atoms with Gasteiger partial charge in [-0.05, 0) is 71.7 Å². The van der Waals surface area contributed by atoms with Gasteiger partial charge in [0.2, 0.25) is 0 Å². The smallest absolute Gasteiger partial charge is 0.0461 e. The molecule has 0 atom stereocenters. The lowest BCUT2D eigenvalue weighted by Gasteiger charge is -2.44. The highest BCUT2D eigenvalue weighted by atomic mass is 79.9. The van der Waals surface area contributed by atoms with E-state index in [1.54, 1.807) is 0 Å². The fourth-order valence-corrected chi connectivity index (χ4v) is 4.34. The van der Waals surface area contributed by atoms with Crippen LogP contribution >= 0.6 is 15.9 Å². The minimum atomic E-state index is 0.696. The number of likely N-dealkylation sites (tertiary alicyclic amines) is 1. The third-order valence-corrected chi connectivity index (χ3v) is 6.30. The predicted molar refractivity (Wildman–Crippen MR) is 88.6 cm³/mol. The lowest BCUT2D eigenvalue weighted by atomic mass is 9.68. The molecular formula is C17H25BrN2. The number of hydrogen-bond acceptors (Lipinski definition) is 2. The maximum absolute atomic E-state index is 5.97. The third kappa shape index (κ3) is 3.04. The molecule has 0 unspecified atom stereocenters. The van der Waals surface area contributed by atoms with Crippen molar-refractivity contribution in [3.05, 3.63) is 28.2 Å². The maximum Gasteiger partial charge on any atom is 0.0461 e. The number of nitrogens with zero attached hydrogens (tertiary/aromatic N) is 1. The molecule has 0 bridgehead atoms. The highest BCUT2D eigenvalue weighted by Gasteiger charge is 2.35. The number of rotatable bonds is 2. The molecule has 3 heteroatoms. The number of nitrogen functional groups attached to an aromatic ring is 1. The Bertz CT molecular complexity index is 456. The van der Waals surface area contributed by atoms with Gasteiger partial charge in [-0.3, -0.25) is 4.90 Å². The summed E-state index contributed by atoms with van der Waals surface area (Å²) >= 11 is 3.63. The third-order valence-electron chi connectivity index (χ3n) is 5.33. The van der Waals surface area contributed by atoms with Crippen LogP contribution in [0.4, 0.5) is 5.69 Å². The summed E-state index contributed by atoms with van der Waals surface area (Å²) in [4.78, 5) is 2.60. The van der Waals surface area contributed by atoms with Crippen molar-refractivity contribution in [2.24, 2.45) is 5.41 Å². The highest BCUT2D eigenvalue weighted by Crippen LogP contribution is 2.44. The zero-order valence-electron chi connectivity index (χ0n) is 12.2. The molecule has 1 saturated heterocycles. The summed E-state index contributed by atoms with van der Waals surface area (Å²) in [7, 11) is 0. The van der Waals surface area contributed by atoms with Crippen molar-refractivity contribution in [1.82, 2.24) is 4.90 Å². The number of nitrogens with two attached hydrogens (primary N) is 1. The predicted octanol–water partition coefficient (Wildman–Crippen LogP) is 4.58. The number of halogens is 1. The molecule has 0 amide bonds. The van der Waals surface area contributed by atoms with Crippen LogP contribution in [0.5, 0.6) is 0 Å². The quantitative estimate of drug-likeness (QED) is 0.801. The fourth-order valence-electron chi connectivity index (χ4n) is 3.95. The first-order chi connectivity index (χ1) is 9.69. The molecule has 3 rings (SSSR count). The first-order valence-corrected chi connectivity index (χ1v) is 8.73. The molecule has 1 aromatic rings. The Balaban J connectivity index is 1.60. The van der Waals surface area contributed by atoms with E-state index in [1.807, 2.05) is 6.07 Å². The molecule has 1 saturated carbocycles. The van der Waals surface area contributed by atoms with Crippen LogP contribution in [0.25, 0.3) is 0 Å². The van der Waals surface area contributed by atoms with Gasteiger partial charge < -0.3 is 5.73 Å². The van der Waals surface area contributed by atoms with E-state index < -0.39 is 0 Å². The van der Waals surface area contributed by atoms with Crippen molar-refractivity contribution in [3.8, 4) is 0 Å². The monoisotopic (exact) mass is 336 g/mol. The van der Waals surface area contributed by atoms with E-state index >= 15 is 0 Å². The second kappa shape index (κ2) is 6.07. The summed E-state index contributed by atoms with van der Waals surface area (Å²) in [6.45, 7) is 3.53. The molecule has 1 spiro atoms. The van der Waals surface area contributed by atoms with Gasteiger partial charge >= 0.3 is 0 Å². The van der Waals surface area contributed by atoms with E-state index in [-0.39, 0.29) is 0 Å². The molecule has 0 radical (unpaired) electrons. The van der Waals surface area contributed by atoms with Gasteiger partial charge in [-0.1, -0.05) is 31.4 Å². The lowest BCUT2D eigenvalue weighted by molar-refractivity contribution is 0.0640. The number of anilines is 1. The molecule has 1 aliphatic heterocycles. The lowest BCUT2D eigenvalue weighted by Crippen LogP contribution is -2.40. The van der Waals surface area contributed by atoms with E-state index in [9.17, 15) is 0 Å². The van der Waals surface area contributed by atoms with E-state index in [2.05, 4.69) is 33.0 Å². The zero-order chi connectivity index (χ0) is 14.0. The second-order valence-electron chi connectivity index (χ2n) is 6.66. The van der Waals surface area contributed by atoms with E-state index in [1.165, 1.54) is 63.6 Å². The Morgan fingerprint density at radius 3 is 2.45 bits per heavy atom. The van der Waals surface area contributed by atoms with Gasteiger partial charge in [0.15, 0.2) is 0 Å². The average molecular weight is 337 g/mol. The average Bonchev–Trinajstić information content (AvgIpc) is 2.47. The molecule has 2 N–H and O–H groups in total. The van der Waals surface area contributed by atoms with E-state index in [0.29, 0.717) is 5.41 Å².